The van der Waals surface area contributed by atoms with Crippen LogP contribution in [0, 0.1) is 11.8 Å². The van der Waals surface area contributed by atoms with Gasteiger partial charge in [-0.2, -0.15) is 0 Å². The Morgan fingerprint density at radius 2 is 2.30 bits per heavy atom. The van der Waals surface area contributed by atoms with Crippen molar-refractivity contribution in [2.45, 2.75) is 38.6 Å². The summed E-state index contributed by atoms with van der Waals surface area (Å²) in [5.74, 6) is 5.94. The van der Waals surface area contributed by atoms with E-state index in [1.807, 2.05) is 29.2 Å². The number of carbonyl (C=O) groups excluding carboxylic acids is 1. The summed E-state index contributed by atoms with van der Waals surface area (Å²) >= 11 is 0. The Morgan fingerprint density at radius 3 is 3.05 bits per heavy atom. The van der Waals surface area contributed by atoms with Gasteiger partial charge in [-0.3, -0.25) is 4.79 Å². The summed E-state index contributed by atoms with van der Waals surface area (Å²) in [7, 11) is 0. The lowest BCUT2D eigenvalue weighted by Gasteiger charge is -2.35. The van der Waals surface area contributed by atoms with Crippen molar-refractivity contribution in [2.24, 2.45) is 5.73 Å². The molecule has 1 heterocycles. The first-order chi connectivity index (χ1) is 9.76. The van der Waals surface area contributed by atoms with Crippen LogP contribution in [0.25, 0.3) is 0 Å². The molecule has 0 radical (unpaired) electrons. The SMILES string of the molecule is CCC1CCCCN1C(=O)c1cccc(C#CCN)c1. The Kier molecular flexibility index (Phi) is 5.20. The Bertz CT molecular complexity index is 527. The van der Waals surface area contributed by atoms with Crippen LogP contribution >= 0.6 is 0 Å². The molecule has 0 bridgehead atoms. The number of nitrogens with zero attached hydrogens (tertiary/aromatic N) is 1. The van der Waals surface area contributed by atoms with Gasteiger partial charge in [0, 0.05) is 23.7 Å². The van der Waals surface area contributed by atoms with Crippen molar-refractivity contribution >= 4 is 5.91 Å². The predicted octanol–water partition coefficient (Wildman–Crippen LogP) is 2.40. The molecule has 1 aliphatic rings. The summed E-state index contributed by atoms with van der Waals surface area (Å²) in [5.41, 5.74) is 6.96. The number of hydrogen-bond donors (Lipinski definition) is 1. The molecule has 0 aliphatic carbocycles. The fourth-order valence-electron chi connectivity index (χ4n) is 2.74. The van der Waals surface area contributed by atoms with E-state index in [2.05, 4.69) is 18.8 Å². The van der Waals surface area contributed by atoms with Crippen LogP contribution in [0.15, 0.2) is 24.3 Å². The number of hydrogen-bond acceptors (Lipinski definition) is 2. The van der Waals surface area contributed by atoms with Gasteiger partial charge in [0.15, 0.2) is 0 Å². The van der Waals surface area contributed by atoms with Crippen molar-refractivity contribution < 1.29 is 4.79 Å². The second kappa shape index (κ2) is 7.12. The van der Waals surface area contributed by atoms with Crippen LogP contribution in [-0.2, 0) is 0 Å². The highest BCUT2D eigenvalue weighted by atomic mass is 16.2. The number of rotatable bonds is 2. The second-order valence-corrected chi connectivity index (χ2v) is 5.14. The lowest BCUT2D eigenvalue weighted by molar-refractivity contribution is 0.0608. The molecule has 1 unspecified atom stereocenters. The van der Waals surface area contributed by atoms with E-state index in [0.717, 1.165) is 36.9 Å². The smallest absolute Gasteiger partial charge is 0.254 e. The average Bonchev–Trinajstić information content (AvgIpc) is 2.52. The quantitative estimate of drug-likeness (QED) is 0.839. The molecule has 3 nitrogen and oxygen atoms in total. The molecule has 1 fully saturated rings. The van der Waals surface area contributed by atoms with E-state index >= 15 is 0 Å². The van der Waals surface area contributed by atoms with Crippen LogP contribution in [-0.4, -0.2) is 29.9 Å². The van der Waals surface area contributed by atoms with Gasteiger partial charge < -0.3 is 10.6 Å². The molecule has 1 saturated heterocycles. The van der Waals surface area contributed by atoms with E-state index < -0.39 is 0 Å². The van der Waals surface area contributed by atoms with Gasteiger partial charge in [0.25, 0.3) is 5.91 Å². The summed E-state index contributed by atoms with van der Waals surface area (Å²) < 4.78 is 0. The van der Waals surface area contributed by atoms with Gasteiger partial charge in [0.05, 0.1) is 6.54 Å². The first-order valence-electron chi connectivity index (χ1n) is 7.36. The molecule has 1 aromatic rings. The van der Waals surface area contributed by atoms with E-state index in [1.54, 1.807) is 0 Å². The van der Waals surface area contributed by atoms with Crippen LogP contribution in [0.2, 0.25) is 0 Å². The van der Waals surface area contributed by atoms with Crippen LogP contribution in [0.3, 0.4) is 0 Å². The Labute approximate surface area is 121 Å². The van der Waals surface area contributed by atoms with Gasteiger partial charge in [-0.25, -0.2) is 0 Å². The molecule has 1 atom stereocenters. The lowest BCUT2D eigenvalue weighted by Crippen LogP contribution is -2.43. The molecular formula is C17H22N2O. The molecule has 0 aromatic heterocycles. The van der Waals surface area contributed by atoms with Gasteiger partial charge in [-0.1, -0.05) is 24.8 Å². The Balaban J connectivity index is 2.19. The zero-order chi connectivity index (χ0) is 14.4. The Hall–Kier alpha value is -1.79. The van der Waals surface area contributed by atoms with Gasteiger partial charge >= 0.3 is 0 Å². The minimum Gasteiger partial charge on any atom is -0.336 e. The monoisotopic (exact) mass is 270 g/mol. The highest BCUT2D eigenvalue weighted by Crippen LogP contribution is 2.22. The summed E-state index contributed by atoms with van der Waals surface area (Å²) in [6, 6.07) is 7.92. The third-order valence-electron chi connectivity index (χ3n) is 3.80. The minimum absolute atomic E-state index is 0.132. The van der Waals surface area contributed by atoms with Crippen molar-refractivity contribution in [3.8, 4) is 11.8 Å². The summed E-state index contributed by atoms with van der Waals surface area (Å²) in [6.45, 7) is 3.36. The summed E-state index contributed by atoms with van der Waals surface area (Å²) in [5, 5.41) is 0. The summed E-state index contributed by atoms with van der Waals surface area (Å²) in [6.07, 6.45) is 4.48. The van der Waals surface area contributed by atoms with Gasteiger partial charge in [-0.05, 0) is 43.9 Å². The third-order valence-corrected chi connectivity index (χ3v) is 3.80. The maximum absolute atomic E-state index is 12.6. The number of piperidine rings is 1. The van der Waals surface area contributed by atoms with Crippen LogP contribution in [0.1, 0.15) is 48.5 Å². The molecule has 1 aliphatic heterocycles. The van der Waals surface area contributed by atoms with Gasteiger partial charge in [-0.15, -0.1) is 0 Å². The van der Waals surface area contributed by atoms with Crippen molar-refractivity contribution in [1.82, 2.24) is 4.90 Å². The topological polar surface area (TPSA) is 46.3 Å². The largest absolute Gasteiger partial charge is 0.336 e. The molecule has 2 rings (SSSR count). The third kappa shape index (κ3) is 3.40. The maximum Gasteiger partial charge on any atom is 0.254 e. The van der Waals surface area contributed by atoms with Crippen molar-refractivity contribution in [2.75, 3.05) is 13.1 Å². The first-order valence-corrected chi connectivity index (χ1v) is 7.36. The average molecular weight is 270 g/mol. The van der Waals surface area contributed by atoms with Gasteiger partial charge in [0.1, 0.15) is 0 Å². The number of likely N-dealkylation sites (tertiary alicyclic amines) is 1. The van der Waals surface area contributed by atoms with Gasteiger partial charge in [0.2, 0.25) is 0 Å². The van der Waals surface area contributed by atoms with E-state index in [4.69, 9.17) is 5.73 Å². The number of amides is 1. The molecule has 0 spiro atoms. The van der Waals surface area contributed by atoms with E-state index in [-0.39, 0.29) is 5.91 Å². The normalized spacial score (nSPS) is 18.3. The minimum atomic E-state index is 0.132. The number of carbonyl (C=O) groups is 1. The van der Waals surface area contributed by atoms with Crippen molar-refractivity contribution in [3.05, 3.63) is 35.4 Å². The zero-order valence-corrected chi connectivity index (χ0v) is 12.1. The molecule has 3 heteroatoms. The highest BCUT2D eigenvalue weighted by Gasteiger charge is 2.26. The summed E-state index contributed by atoms with van der Waals surface area (Å²) in [4.78, 5) is 14.7. The van der Waals surface area contributed by atoms with Crippen LogP contribution in [0.5, 0.6) is 0 Å². The number of benzene rings is 1. The van der Waals surface area contributed by atoms with Crippen LogP contribution < -0.4 is 5.73 Å². The molecule has 106 valence electrons. The Morgan fingerprint density at radius 1 is 1.45 bits per heavy atom. The van der Waals surface area contributed by atoms with E-state index in [9.17, 15) is 4.79 Å². The van der Waals surface area contributed by atoms with Crippen molar-refractivity contribution in [1.29, 1.82) is 0 Å². The number of nitrogens with two attached hydrogens (primary N) is 1. The standard InChI is InChI=1S/C17H22N2O/c1-2-16-10-3-4-12-19(16)17(20)15-9-5-7-14(13-15)8-6-11-18/h5,7,9,13,16H,2-4,10-12,18H2,1H3. The highest BCUT2D eigenvalue weighted by molar-refractivity contribution is 5.94. The molecule has 0 saturated carbocycles. The molecule has 2 N–H and O–H groups in total. The molecule has 20 heavy (non-hydrogen) atoms. The molecular weight excluding hydrogens is 248 g/mol. The fourth-order valence-corrected chi connectivity index (χ4v) is 2.74. The van der Waals surface area contributed by atoms with E-state index in [1.165, 1.54) is 6.42 Å². The fraction of sp³-hybridized carbons (Fsp3) is 0.471. The second-order valence-electron chi connectivity index (χ2n) is 5.14. The van der Waals surface area contributed by atoms with Crippen molar-refractivity contribution in [3.63, 3.8) is 0 Å². The molecule has 1 amide bonds. The lowest BCUT2D eigenvalue weighted by atomic mass is 9.98. The molecule has 1 aromatic carbocycles. The first kappa shape index (κ1) is 14.6. The zero-order valence-electron chi connectivity index (χ0n) is 12.1. The predicted molar refractivity (Wildman–Crippen MR) is 81.3 cm³/mol. The van der Waals surface area contributed by atoms with Crippen LogP contribution in [0.4, 0.5) is 0 Å². The maximum atomic E-state index is 12.6. The van der Waals surface area contributed by atoms with E-state index in [0.29, 0.717) is 12.6 Å².